The van der Waals surface area contributed by atoms with Crippen LogP contribution in [0.1, 0.15) is 22.3 Å². The lowest BCUT2D eigenvalue weighted by molar-refractivity contribution is 0.172. The molecule has 0 saturated carbocycles. The number of aryl methyl sites for hydroxylation is 4. The summed E-state index contributed by atoms with van der Waals surface area (Å²) in [7, 11) is 3.37. The van der Waals surface area contributed by atoms with Crippen molar-refractivity contribution in [3.05, 3.63) is 107 Å². The second-order valence-corrected chi connectivity index (χ2v) is 8.78. The molecule has 0 radical (unpaired) electrons. The standard InChI is InChI=1S/C31H30O5/c1-32-26-15-13-22(14-16-26)9-10-24-6-4-8-28(18-24)36-30-20-25(19-29-31(30)35-21-34-29)12-11-23-5-3-7-27(17-23)33-2/h3-8,13-20H,9-12,21H2,1-2H3. The predicted molar refractivity (Wildman–Crippen MR) is 140 cm³/mol. The van der Waals surface area contributed by atoms with Gasteiger partial charge in [0.2, 0.25) is 12.5 Å². The molecule has 0 amide bonds. The second-order valence-electron chi connectivity index (χ2n) is 8.78. The molecule has 0 N–H and O–H groups in total. The fourth-order valence-corrected chi connectivity index (χ4v) is 4.34. The maximum absolute atomic E-state index is 6.33. The number of rotatable bonds is 10. The van der Waals surface area contributed by atoms with Crippen LogP contribution in [-0.4, -0.2) is 21.0 Å². The summed E-state index contributed by atoms with van der Waals surface area (Å²) in [6, 6.07) is 28.7. The molecule has 0 aromatic heterocycles. The number of methoxy groups -OCH3 is 2. The average molecular weight is 483 g/mol. The van der Waals surface area contributed by atoms with Gasteiger partial charge in [0.1, 0.15) is 17.2 Å². The Morgan fingerprint density at radius 3 is 1.94 bits per heavy atom. The molecule has 1 heterocycles. The van der Waals surface area contributed by atoms with Crippen LogP contribution < -0.4 is 23.7 Å². The zero-order valence-corrected chi connectivity index (χ0v) is 20.7. The summed E-state index contributed by atoms with van der Waals surface area (Å²) in [6.07, 6.45) is 3.60. The van der Waals surface area contributed by atoms with Crippen LogP contribution >= 0.6 is 0 Å². The van der Waals surface area contributed by atoms with Crippen molar-refractivity contribution in [1.82, 2.24) is 0 Å². The third kappa shape index (κ3) is 5.74. The van der Waals surface area contributed by atoms with Crippen LogP contribution in [0.3, 0.4) is 0 Å². The van der Waals surface area contributed by atoms with E-state index in [1.807, 2.05) is 42.5 Å². The molecule has 5 heteroatoms. The fraction of sp³-hybridized carbons (Fsp3) is 0.226. The molecule has 0 atom stereocenters. The molecule has 0 fully saturated rings. The van der Waals surface area contributed by atoms with Crippen LogP contribution in [0.15, 0.2) is 84.9 Å². The molecular formula is C31H30O5. The van der Waals surface area contributed by atoms with Crippen LogP contribution in [0.2, 0.25) is 0 Å². The Bertz CT molecular complexity index is 1310. The van der Waals surface area contributed by atoms with E-state index < -0.39 is 0 Å². The number of hydrogen-bond donors (Lipinski definition) is 0. The highest BCUT2D eigenvalue weighted by Crippen LogP contribution is 2.44. The first-order chi connectivity index (χ1) is 17.7. The summed E-state index contributed by atoms with van der Waals surface area (Å²) in [5, 5.41) is 0. The highest BCUT2D eigenvalue weighted by Gasteiger charge is 2.21. The summed E-state index contributed by atoms with van der Waals surface area (Å²) in [5.41, 5.74) is 4.84. The first-order valence-corrected chi connectivity index (χ1v) is 12.2. The Labute approximate surface area is 212 Å². The molecule has 4 aromatic carbocycles. The van der Waals surface area contributed by atoms with Gasteiger partial charge in [-0.25, -0.2) is 0 Å². The van der Waals surface area contributed by atoms with E-state index >= 15 is 0 Å². The lowest BCUT2D eigenvalue weighted by Gasteiger charge is -2.12. The zero-order valence-electron chi connectivity index (χ0n) is 20.7. The largest absolute Gasteiger partial charge is 0.497 e. The molecule has 36 heavy (non-hydrogen) atoms. The molecule has 0 saturated heterocycles. The number of fused-ring (bicyclic) bond motifs is 1. The summed E-state index contributed by atoms with van der Waals surface area (Å²) in [4.78, 5) is 0. The lowest BCUT2D eigenvalue weighted by atomic mass is 10.0. The Morgan fingerprint density at radius 2 is 1.22 bits per heavy atom. The van der Waals surface area contributed by atoms with Gasteiger partial charge in [0, 0.05) is 0 Å². The molecule has 0 aliphatic carbocycles. The maximum atomic E-state index is 6.33. The highest BCUT2D eigenvalue weighted by atomic mass is 16.7. The van der Waals surface area contributed by atoms with Crippen LogP contribution in [0.25, 0.3) is 0 Å². The van der Waals surface area contributed by atoms with Crippen molar-refractivity contribution in [2.75, 3.05) is 21.0 Å². The lowest BCUT2D eigenvalue weighted by Crippen LogP contribution is -1.96. The van der Waals surface area contributed by atoms with E-state index in [-0.39, 0.29) is 6.79 Å². The first kappa shape index (κ1) is 23.6. The second kappa shape index (κ2) is 11.1. The SMILES string of the molecule is COc1ccc(CCc2cccc(Oc3cc(CCc4cccc(OC)c4)cc4c3OCO4)c2)cc1. The quantitative estimate of drug-likeness (QED) is 0.249. The van der Waals surface area contributed by atoms with Gasteiger partial charge in [0.15, 0.2) is 11.5 Å². The van der Waals surface area contributed by atoms with Crippen LogP contribution in [0, 0.1) is 0 Å². The Hall–Kier alpha value is -4.12. The molecule has 5 rings (SSSR count). The van der Waals surface area contributed by atoms with E-state index in [9.17, 15) is 0 Å². The molecule has 5 nitrogen and oxygen atoms in total. The van der Waals surface area contributed by atoms with Gasteiger partial charge in [0.25, 0.3) is 0 Å². The molecule has 184 valence electrons. The Balaban J connectivity index is 1.28. The summed E-state index contributed by atoms with van der Waals surface area (Å²) in [5.74, 6) is 4.59. The van der Waals surface area contributed by atoms with Gasteiger partial charge in [-0.15, -0.1) is 0 Å². The van der Waals surface area contributed by atoms with Gasteiger partial charge in [-0.3, -0.25) is 0 Å². The van der Waals surface area contributed by atoms with Crippen molar-refractivity contribution < 1.29 is 23.7 Å². The number of benzene rings is 4. The van der Waals surface area contributed by atoms with Crippen LogP contribution in [0.5, 0.6) is 34.5 Å². The molecule has 0 bridgehead atoms. The highest BCUT2D eigenvalue weighted by molar-refractivity contribution is 5.56. The monoisotopic (exact) mass is 482 g/mol. The van der Waals surface area contributed by atoms with Crippen LogP contribution in [-0.2, 0) is 25.7 Å². The van der Waals surface area contributed by atoms with Gasteiger partial charge in [-0.05, 0) is 96.5 Å². The Morgan fingerprint density at radius 1 is 0.583 bits per heavy atom. The smallest absolute Gasteiger partial charge is 0.231 e. The predicted octanol–water partition coefficient (Wildman–Crippen LogP) is 6.80. The van der Waals surface area contributed by atoms with E-state index in [1.54, 1.807) is 14.2 Å². The normalized spacial score (nSPS) is 11.8. The Kier molecular flexibility index (Phi) is 7.27. The summed E-state index contributed by atoms with van der Waals surface area (Å²) < 4.78 is 28.4. The molecule has 4 aromatic rings. The van der Waals surface area contributed by atoms with Crippen molar-refractivity contribution in [3.63, 3.8) is 0 Å². The van der Waals surface area contributed by atoms with Crippen molar-refractivity contribution in [3.8, 4) is 34.5 Å². The van der Waals surface area contributed by atoms with Crippen molar-refractivity contribution in [2.45, 2.75) is 25.7 Å². The summed E-state index contributed by atoms with van der Waals surface area (Å²) >= 11 is 0. The van der Waals surface area contributed by atoms with Gasteiger partial charge in [-0.1, -0.05) is 36.4 Å². The molecular weight excluding hydrogens is 452 g/mol. The zero-order chi connectivity index (χ0) is 24.7. The van der Waals surface area contributed by atoms with Gasteiger partial charge >= 0.3 is 0 Å². The van der Waals surface area contributed by atoms with Gasteiger partial charge < -0.3 is 23.7 Å². The van der Waals surface area contributed by atoms with Gasteiger partial charge in [0.05, 0.1) is 14.2 Å². The minimum Gasteiger partial charge on any atom is -0.497 e. The first-order valence-electron chi connectivity index (χ1n) is 12.2. The van der Waals surface area contributed by atoms with Crippen molar-refractivity contribution >= 4 is 0 Å². The minimum absolute atomic E-state index is 0.201. The van der Waals surface area contributed by atoms with E-state index in [0.29, 0.717) is 11.5 Å². The minimum atomic E-state index is 0.201. The summed E-state index contributed by atoms with van der Waals surface area (Å²) in [6.45, 7) is 0.201. The van der Waals surface area contributed by atoms with Crippen molar-refractivity contribution in [2.24, 2.45) is 0 Å². The van der Waals surface area contributed by atoms with E-state index in [4.69, 9.17) is 23.7 Å². The van der Waals surface area contributed by atoms with E-state index in [1.165, 1.54) is 16.7 Å². The maximum Gasteiger partial charge on any atom is 0.231 e. The molecule has 0 spiro atoms. The molecule has 1 aliphatic heterocycles. The third-order valence-electron chi connectivity index (χ3n) is 6.32. The van der Waals surface area contributed by atoms with E-state index in [0.717, 1.165) is 54.2 Å². The van der Waals surface area contributed by atoms with Crippen molar-refractivity contribution in [1.29, 1.82) is 0 Å². The van der Waals surface area contributed by atoms with E-state index in [2.05, 4.69) is 42.5 Å². The molecule has 0 unspecified atom stereocenters. The topological polar surface area (TPSA) is 46.2 Å². The number of ether oxygens (including phenoxy) is 5. The third-order valence-corrected chi connectivity index (χ3v) is 6.32. The number of hydrogen-bond acceptors (Lipinski definition) is 5. The van der Waals surface area contributed by atoms with Gasteiger partial charge in [-0.2, -0.15) is 0 Å². The average Bonchev–Trinajstić information content (AvgIpc) is 3.40. The molecule has 1 aliphatic rings. The fourth-order valence-electron chi connectivity index (χ4n) is 4.34. The van der Waals surface area contributed by atoms with Crippen LogP contribution in [0.4, 0.5) is 0 Å².